The molecule has 1 aromatic carbocycles. The van der Waals surface area contributed by atoms with Crippen LogP contribution in [-0.4, -0.2) is 50.4 Å². The van der Waals surface area contributed by atoms with Crippen molar-refractivity contribution in [1.29, 1.82) is 0 Å². The summed E-state index contributed by atoms with van der Waals surface area (Å²) in [5.41, 5.74) is 1.13. The van der Waals surface area contributed by atoms with Gasteiger partial charge in [-0.3, -0.25) is 9.89 Å². The first-order valence-corrected chi connectivity index (χ1v) is 8.21. The van der Waals surface area contributed by atoms with Crippen LogP contribution in [0.4, 0.5) is 0 Å². The van der Waals surface area contributed by atoms with Crippen LogP contribution < -0.4 is 20.1 Å². The molecule has 0 atom stereocenters. The number of aliphatic imine (C=N–C) groups is 1. The molecule has 1 aliphatic rings. The van der Waals surface area contributed by atoms with Gasteiger partial charge in [0.2, 0.25) is 6.79 Å². The zero-order valence-corrected chi connectivity index (χ0v) is 14.6. The fourth-order valence-corrected chi connectivity index (χ4v) is 2.56. The first-order chi connectivity index (χ1) is 11.1. The van der Waals surface area contributed by atoms with E-state index in [4.69, 9.17) is 9.47 Å². The summed E-state index contributed by atoms with van der Waals surface area (Å²) in [7, 11) is 1.79. The molecule has 1 heterocycles. The lowest BCUT2D eigenvalue weighted by Crippen LogP contribution is -2.42. The fourth-order valence-electron chi connectivity index (χ4n) is 2.56. The van der Waals surface area contributed by atoms with Crippen LogP contribution in [0.3, 0.4) is 0 Å². The van der Waals surface area contributed by atoms with Crippen molar-refractivity contribution in [1.82, 2.24) is 15.5 Å². The van der Waals surface area contributed by atoms with Gasteiger partial charge in [0.25, 0.3) is 0 Å². The third-order valence-corrected chi connectivity index (χ3v) is 3.95. The average Bonchev–Trinajstić information content (AvgIpc) is 3.01. The Hall–Kier alpha value is -1.95. The molecule has 0 amide bonds. The summed E-state index contributed by atoms with van der Waals surface area (Å²) in [5, 5.41) is 6.67. The molecule has 2 rings (SSSR count). The van der Waals surface area contributed by atoms with Crippen molar-refractivity contribution in [2.45, 2.75) is 33.4 Å². The Balaban J connectivity index is 1.77. The molecular weight excluding hydrogens is 292 g/mol. The smallest absolute Gasteiger partial charge is 0.231 e. The summed E-state index contributed by atoms with van der Waals surface area (Å²) in [5.74, 6) is 2.43. The van der Waals surface area contributed by atoms with Crippen LogP contribution >= 0.6 is 0 Å². The molecule has 23 heavy (non-hydrogen) atoms. The number of hydrogen-bond acceptors (Lipinski definition) is 4. The van der Waals surface area contributed by atoms with E-state index in [9.17, 15) is 0 Å². The van der Waals surface area contributed by atoms with E-state index < -0.39 is 0 Å². The summed E-state index contributed by atoms with van der Waals surface area (Å²) in [6.45, 7) is 10.5. The number of nitrogens with one attached hydrogen (secondary N) is 2. The lowest BCUT2D eigenvalue weighted by Gasteiger charge is -2.25. The van der Waals surface area contributed by atoms with Crippen LogP contribution in [0.15, 0.2) is 23.2 Å². The second-order valence-corrected chi connectivity index (χ2v) is 5.76. The maximum atomic E-state index is 5.40. The summed E-state index contributed by atoms with van der Waals surface area (Å²) < 4.78 is 10.7. The van der Waals surface area contributed by atoms with E-state index in [1.165, 1.54) is 0 Å². The molecule has 1 aromatic rings. The summed E-state index contributed by atoms with van der Waals surface area (Å²) in [6, 6.07) is 6.54. The topological polar surface area (TPSA) is 58.1 Å². The summed E-state index contributed by atoms with van der Waals surface area (Å²) >= 11 is 0. The number of ether oxygens (including phenoxy) is 2. The summed E-state index contributed by atoms with van der Waals surface area (Å²) in [6.07, 6.45) is 0. The minimum atomic E-state index is 0.305. The molecule has 6 nitrogen and oxygen atoms in total. The molecule has 6 heteroatoms. The Kier molecular flexibility index (Phi) is 6.52. The van der Waals surface area contributed by atoms with Gasteiger partial charge in [-0.2, -0.15) is 0 Å². The Labute approximate surface area is 138 Å². The van der Waals surface area contributed by atoms with Crippen molar-refractivity contribution >= 4 is 5.96 Å². The van der Waals surface area contributed by atoms with E-state index in [1.54, 1.807) is 7.05 Å². The molecule has 128 valence electrons. The Bertz CT molecular complexity index is 531. The molecule has 0 aliphatic carbocycles. The summed E-state index contributed by atoms with van der Waals surface area (Å²) in [4.78, 5) is 6.68. The maximum Gasteiger partial charge on any atom is 0.231 e. The molecule has 0 fully saturated rings. The molecular formula is C17H28N4O2. The van der Waals surface area contributed by atoms with Crippen LogP contribution in [0.2, 0.25) is 0 Å². The van der Waals surface area contributed by atoms with Crippen molar-refractivity contribution in [2.24, 2.45) is 4.99 Å². The molecule has 0 saturated heterocycles. The predicted molar refractivity (Wildman–Crippen MR) is 93.1 cm³/mol. The van der Waals surface area contributed by atoms with Gasteiger partial charge in [-0.15, -0.1) is 0 Å². The van der Waals surface area contributed by atoms with Crippen LogP contribution in [0.5, 0.6) is 11.5 Å². The number of fused-ring (bicyclic) bond motifs is 1. The highest BCUT2D eigenvalue weighted by molar-refractivity contribution is 5.79. The average molecular weight is 320 g/mol. The minimum Gasteiger partial charge on any atom is -0.454 e. The van der Waals surface area contributed by atoms with E-state index in [0.717, 1.165) is 42.7 Å². The fraction of sp³-hybridized carbons (Fsp3) is 0.588. The number of likely N-dealkylation sites (N-methyl/N-ethyl adjacent to an activating group) is 1. The predicted octanol–water partition coefficient (Wildman–Crippen LogP) is 1.81. The van der Waals surface area contributed by atoms with Gasteiger partial charge in [0.05, 0.1) is 0 Å². The van der Waals surface area contributed by atoms with Crippen molar-refractivity contribution in [3.05, 3.63) is 23.8 Å². The van der Waals surface area contributed by atoms with Crippen LogP contribution in [0.25, 0.3) is 0 Å². The molecule has 0 bridgehead atoms. The molecule has 1 aliphatic heterocycles. The van der Waals surface area contributed by atoms with Crippen molar-refractivity contribution < 1.29 is 9.47 Å². The Morgan fingerprint density at radius 1 is 1.26 bits per heavy atom. The largest absolute Gasteiger partial charge is 0.454 e. The third kappa shape index (κ3) is 5.03. The van der Waals surface area contributed by atoms with E-state index in [1.807, 2.05) is 18.2 Å². The number of hydrogen-bond donors (Lipinski definition) is 2. The molecule has 0 saturated carbocycles. The quantitative estimate of drug-likeness (QED) is 0.593. The normalized spacial score (nSPS) is 13.7. The second-order valence-electron chi connectivity index (χ2n) is 5.76. The SMILES string of the molecule is CCN(CCNC(=NC)NCc1ccc2c(c1)OCO2)C(C)C. The highest BCUT2D eigenvalue weighted by atomic mass is 16.7. The number of guanidine groups is 1. The number of nitrogens with zero attached hydrogens (tertiary/aromatic N) is 2. The van der Waals surface area contributed by atoms with Gasteiger partial charge >= 0.3 is 0 Å². The first kappa shape index (κ1) is 17.4. The van der Waals surface area contributed by atoms with E-state index in [-0.39, 0.29) is 0 Å². The van der Waals surface area contributed by atoms with E-state index in [0.29, 0.717) is 19.4 Å². The van der Waals surface area contributed by atoms with Crippen LogP contribution in [0, 0.1) is 0 Å². The zero-order chi connectivity index (χ0) is 16.7. The van der Waals surface area contributed by atoms with Gasteiger partial charge in [-0.1, -0.05) is 13.0 Å². The van der Waals surface area contributed by atoms with Crippen molar-refractivity contribution in [2.75, 3.05) is 33.5 Å². The highest BCUT2D eigenvalue weighted by Crippen LogP contribution is 2.32. The van der Waals surface area contributed by atoms with Gasteiger partial charge in [0.1, 0.15) is 0 Å². The van der Waals surface area contributed by atoms with Crippen LogP contribution in [-0.2, 0) is 6.54 Å². The highest BCUT2D eigenvalue weighted by Gasteiger charge is 2.13. The van der Waals surface area contributed by atoms with Gasteiger partial charge in [-0.05, 0) is 38.1 Å². The molecule has 0 aromatic heterocycles. The van der Waals surface area contributed by atoms with Gasteiger partial charge < -0.3 is 20.1 Å². The number of benzene rings is 1. The van der Waals surface area contributed by atoms with Gasteiger partial charge in [0, 0.05) is 32.7 Å². The monoisotopic (exact) mass is 320 g/mol. The first-order valence-electron chi connectivity index (χ1n) is 8.21. The van der Waals surface area contributed by atoms with Gasteiger partial charge in [0.15, 0.2) is 17.5 Å². The second kappa shape index (κ2) is 8.62. The standard InChI is InChI=1S/C17H28N4O2/c1-5-21(13(2)3)9-8-19-17(18-4)20-11-14-6-7-15-16(10-14)23-12-22-15/h6-7,10,13H,5,8-9,11-12H2,1-4H3,(H2,18,19,20). The number of rotatable bonds is 7. The molecule has 2 N–H and O–H groups in total. The van der Waals surface area contributed by atoms with Crippen LogP contribution in [0.1, 0.15) is 26.3 Å². The Morgan fingerprint density at radius 2 is 2.04 bits per heavy atom. The molecule has 0 spiro atoms. The maximum absolute atomic E-state index is 5.40. The molecule has 0 unspecified atom stereocenters. The lowest BCUT2D eigenvalue weighted by molar-refractivity contribution is 0.174. The minimum absolute atomic E-state index is 0.305. The van der Waals surface area contributed by atoms with E-state index >= 15 is 0 Å². The van der Waals surface area contributed by atoms with Gasteiger partial charge in [-0.25, -0.2) is 0 Å². The van der Waals surface area contributed by atoms with Crippen molar-refractivity contribution in [3.8, 4) is 11.5 Å². The zero-order valence-electron chi connectivity index (χ0n) is 14.6. The Morgan fingerprint density at radius 3 is 2.74 bits per heavy atom. The van der Waals surface area contributed by atoms with Crippen molar-refractivity contribution in [3.63, 3.8) is 0 Å². The third-order valence-electron chi connectivity index (χ3n) is 3.95. The lowest BCUT2D eigenvalue weighted by atomic mass is 10.2. The molecule has 0 radical (unpaired) electrons. The van der Waals surface area contributed by atoms with E-state index in [2.05, 4.69) is 41.3 Å².